The highest BCUT2D eigenvalue weighted by molar-refractivity contribution is 6.38. The summed E-state index contributed by atoms with van der Waals surface area (Å²) in [6.45, 7) is 9.78. The maximum absolute atomic E-state index is 12.7. The van der Waals surface area contributed by atoms with Crippen LogP contribution in [0.3, 0.4) is 0 Å². The second-order valence-corrected chi connectivity index (χ2v) is 9.24. The number of ketones is 1. The average molecular weight is 465 g/mol. The maximum atomic E-state index is 12.7. The second kappa shape index (κ2) is 14.4. The van der Waals surface area contributed by atoms with Crippen LogP contribution in [-0.2, 0) is 24.0 Å². The van der Waals surface area contributed by atoms with Gasteiger partial charge < -0.3 is 21.3 Å². The first-order valence-electron chi connectivity index (χ1n) is 11.9. The molecule has 9 nitrogen and oxygen atoms in total. The lowest BCUT2D eigenvalue weighted by molar-refractivity contribution is -0.141. The molecule has 9 heteroatoms. The molecule has 4 N–H and O–H groups in total. The van der Waals surface area contributed by atoms with E-state index >= 15 is 0 Å². The molecule has 0 radical (unpaired) electrons. The van der Waals surface area contributed by atoms with Gasteiger partial charge in [-0.05, 0) is 56.9 Å². The molecule has 1 rings (SSSR count). The molecule has 4 amide bonds. The van der Waals surface area contributed by atoms with Gasteiger partial charge in [0, 0.05) is 6.54 Å². The summed E-state index contributed by atoms with van der Waals surface area (Å²) >= 11 is 0. The summed E-state index contributed by atoms with van der Waals surface area (Å²) in [6, 6.07) is -2.81. The SMILES string of the molecule is CCC(C)CC/C=C/C(=O)NC1CCCNC(=O)C(CC(C)C)NC(=O)C(=O)C(C)NC1=O. The summed E-state index contributed by atoms with van der Waals surface area (Å²) in [7, 11) is 0. The van der Waals surface area contributed by atoms with Gasteiger partial charge in [0.05, 0.1) is 6.04 Å². The molecule has 0 spiro atoms. The lowest BCUT2D eigenvalue weighted by Gasteiger charge is -2.20. The molecule has 0 aromatic heterocycles. The van der Waals surface area contributed by atoms with E-state index in [1.54, 1.807) is 6.08 Å². The summed E-state index contributed by atoms with van der Waals surface area (Å²) < 4.78 is 0. The summed E-state index contributed by atoms with van der Waals surface area (Å²) in [6.07, 6.45) is 7.11. The standard InChI is InChI=1S/C24H40N4O5/c1-6-16(4)10-7-8-12-20(29)27-18-11-9-13-25-22(31)19(14-15(2)3)28-24(33)21(30)17(5)26-23(18)32/h8,12,15-19H,6-7,9-11,13-14H2,1-5H3,(H,25,31)(H,26,32)(H,27,29)(H,28,33)/b12-8+. The number of amides is 4. The molecule has 1 heterocycles. The Morgan fingerprint density at radius 1 is 1.12 bits per heavy atom. The number of rotatable bonds is 8. The summed E-state index contributed by atoms with van der Waals surface area (Å²) in [5.41, 5.74) is 0. The van der Waals surface area contributed by atoms with Crippen molar-refractivity contribution >= 4 is 29.4 Å². The zero-order valence-corrected chi connectivity index (χ0v) is 20.5. The van der Waals surface area contributed by atoms with Crippen molar-refractivity contribution in [2.24, 2.45) is 11.8 Å². The molecule has 0 aromatic rings. The summed E-state index contributed by atoms with van der Waals surface area (Å²) in [4.78, 5) is 62.4. The average Bonchev–Trinajstić information content (AvgIpc) is 2.76. The van der Waals surface area contributed by atoms with Gasteiger partial charge in [-0.3, -0.25) is 24.0 Å². The molecule has 1 aliphatic rings. The molecular formula is C24H40N4O5. The molecule has 1 saturated heterocycles. The quantitative estimate of drug-likeness (QED) is 0.318. The zero-order valence-electron chi connectivity index (χ0n) is 20.5. The molecule has 4 atom stereocenters. The predicted molar refractivity (Wildman–Crippen MR) is 126 cm³/mol. The minimum absolute atomic E-state index is 0.127. The first kappa shape index (κ1) is 28.3. The minimum Gasteiger partial charge on any atom is -0.354 e. The highest BCUT2D eigenvalue weighted by Crippen LogP contribution is 2.10. The molecule has 0 aliphatic carbocycles. The molecule has 0 bridgehead atoms. The Hall–Kier alpha value is -2.71. The van der Waals surface area contributed by atoms with Crippen molar-refractivity contribution in [2.45, 2.75) is 91.3 Å². The van der Waals surface area contributed by atoms with Crippen molar-refractivity contribution in [3.8, 4) is 0 Å². The van der Waals surface area contributed by atoms with Crippen LogP contribution < -0.4 is 21.3 Å². The number of Topliss-reactive ketones (excluding diaryl/α,β-unsaturated/α-hetero) is 1. The smallest absolute Gasteiger partial charge is 0.290 e. The van der Waals surface area contributed by atoms with Crippen molar-refractivity contribution in [1.29, 1.82) is 0 Å². The van der Waals surface area contributed by atoms with E-state index in [9.17, 15) is 24.0 Å². The third-order valence-corrected chi connectivity index (χ3v) is 5.70. The van der Waals surface area contributed by atoms with Crippen molar-refractivity contribution in [2.75, 3.05) is 6.54 Å². The fourth-order valence-corrected chi connectivity index (χ4v) is 3.41. The molecule has 1 aliphatic heterocycles. The number of carbonyl (C=O) groups excluding carboxylic acids is 5. The van der Waals surface area contributed by atoms with Gasteiger partial charge in [-0.1, -0.05) is 40.2 Å². The van der Waals surface area contributed by atoms with Crippen LogP contribution in [0.15, 0.2) is 12.2 Å². The summed E-state index contributed by atoms with van der Waals surface area (Å²) in [5, 5.41) is 10.4. The van der Waals surface area contributed by atoms with E-state index in [-0.39, 0.29) is 24.8 Å². The highest BCUT2D eigenvalue weighted by Gasteiger charge is 2.30. The van der Waals surface area contributed by atoms with Crippen molar-refractivity contribution < 1.29 is 24.0 Å². The van der Waals surface area contributed by atoms with Gasteiger partial charge in [0.1, 0.15) is 12.1 Å². The normalized spacial score (nSPS) is 24.2. The monoisotopic (exact) mass is 464 g/mol. The van der Waals surface area contributed by atoms with Gasteiger partial charge in [0.15, 0.2) is 0 Å². The number of carbonyl (C=O) groups is 5. The molecule has 33 heavy (non-hydrogen) atoms. The number of nitrogens with one attached hydrogen (secondary N) is 4. The molecule has 1 fully saturated rings. The van der Waals surface area contributed by atoms with E-state index in [2.05, 4.69) is 35.1 Å². The largest absolute Gasteiger partial charge is 0.354 e. The van der Waals surface area contributed by atoms with Crippen molar-refractivity contribution in [3.63, 3.8) is 0 Å². The van der Waals surface area contributed by atoms with Crippen LogP contribution in [-0.4, -0.2) is 54.1 Å². The Morgan fingerprint density at radius 2 is 1.82 bits per heavy atom. The van der Waals surface area contributed by atoms with Crippen molar-refractivity contribution in [1.82, 2.24) is 21.3 Å². The number of hydrogen-bond acceptors (Lipinski definition) is 5. The Bertz CT molecular complexity index is 734. The van der Waals surface area contributed by atoms with Gasteiger partial charge in [0.2, 0.25) is 23.5 Å². The number of allylic oxidation sites excluding steroid dienone is 1. The first-order chi connectivity index (χ1) is 15.5. The van der Waals surface area contributed by atoms with E-state index < -0.39 is 41.6 Å². The molecule has 0 aromatic carbocycles. The Balaban J connectivity index is 2.87. The second-order valence-electron chi connectivity index (χ2n) is 9.24. The predicted octanol–water partition coefficient (Wildman–Crippen LogP) is 1.37. The topological polar surface area (TPSA) is 133 Å². The Morgan fingerprint density at radius 3 is 2.45 bits per heavy atom. The van der Waals surface area contributed by atoms with Crippen molar-refractivity contribution in [3.05, 3.63) is 12.2 Å². The molecule has 186 valence electrons. The molecule has 4 unspecified atom stereocenters. The fraction of sp³-hybridized carbons (Fsp3) is 0.708. The van der Waals surface area contributed by atoms with E-state index in [1.807, 2.05) is 13.8 Å². The first-order valence-corrected chi connectivity index (χ1v) is 11.9. The fourth-order valence-electron chi connectivity index (χ4n) is 3.41. The third kappa shape index (κ3) is 10.6. The Kier molecular flexibility index (Phi) is 12.4. The zero-order chi connectivity index (χ0) is 25.0. The third-order valence-electron chi connectivity index (χ3n) is 5.70. The maximum Gasteiger partial charge on any atom is 0.290 e. The molecule has 0 saturated carbocycles. The van der Waals surface area contributed by atoms with Gasteiger partial charge in [0.25, 0.3) is 5.91 Å². The van der Waals surface area contributed by atoms with E-state index in [1.165, 1.54) is 13.0 Å². The number of hydrogen-bond donors (Lipinski definition) is 4. The molecular weight excluding hydrogens is 424 g/mol. The van der Waals surface area contributed by atoms with Crippen LogP contribution in [0.5, 0.6) is 0 Å². The lowest BCUT2D eigenvalue weighted by atomic mass is 10.0. The van der Waals surface area contributed by atoms with Crippen LogP contribution in [0.25, 0.3) is 0 Å². The van der Waals surface area contributed by atoms with Crippen LogP contribution in [0.1, 0.15) is 73.1 Å². The van der Waals surface area contributed by atoms with E-state index in [0.29, 0.717) is 18.8 Å². The summed E-state index contributed by atoms with van der Waals surface area (Å²) in [5.74, 6) is -2.39. The van der Waals surface area contributed by atoms with Gasteiger partial charge >= 0.3 is 0 Å². The van der Waals surface area contributed by atoms with Gasteiger partial charge in [-0.2, -0.15) is 0 Å². The highest BCUT2D eigenvalue weighted by atomic mass is 16.2. The van der Waals surface area contributed by atoms with E-state index in [4.69, 9.17) is 0 Å². The van der Waals surface area contributed by atoms with E-state index in [0.717, 1.165) is 19.3 Å². The van der Waals surface area contributed by atoms with Gasteiger partial charge in [-0.25, -0.2) is 0 Å². The van der Waals surface area contributed by atoms with Crippen LogP contribution >= 0.6 is 0 Å². The van der Waals surface area contributed by atoms with Crippen LogP contribution in [0.4, 0.5) is 0 Å². The van der Waals surface area contributed by atoms with Crippen LogP contribution in [0.2, 0.25) is 0 Å². The van der Waals surface area contributed by atoms with Crippen LogP contribution in [0, 0.1) is 11.8 Å². The van der Waals surface area contributed by atoms with Gasteiger partial charge in [-0.15, -0.1) is 0 Å². The minimum atomic E-state index is -1.09. The lowest BCUT2D eigenvalue weighted by Crippen LogP contribution is -2.54. The Labute approximate surface area is 196 Å².